The van der Waals surface area contributed by atoms with Gasteiger partial charge in [-0.1, -0.05) is 29.8 Å². The maximum Gasteiger partial charge on any atom is 0.225 e. The molecule has 0 radical (unpaired) electrons. The van der Waals surface area contributed by atoms with Crippen LogP contribution in [0.3, 0.4) is 0 Å². The van der Waals surface area contributed by atoms with Crippen LogP contribution in [0.5, 0.6) is 0 Å². The number of halogens is 1. The molecule has 1 heterocycles. The number of nitrogens with zero attached hydrogens (tertiary/aromatic N) is 2. The van der Waals surface area contributed by atoms with Crippen LogP contribution in [0.25, 0.3) is 0 Å². The van der Waals surface area contributed by atoms with E-state index in [0.29, 0.717) is 24.5 Å². The van der Waals surface area contributed by atoms with E-state index >= 15 is 0 Å². The lowest BCUT2D eigenvalue weighted by Gasteiger charge is -2.35. The Kier molecular flexibility index (Phi) is 6.22. The summed E-state index contributed by atoms with van der Waals surface area (Å²) in [7, 11) is -3.26. The second-order valence-electron chi connectivity index (χ2n) is 6.09. The maximum absolute atomic E-state index is 12.3. The Morgan fingerprint density at radius 3 is 2.22 bits per heavy atom. The van der Waals surface area contributed by atoms with Crippen LogP contribution >= 0.6 is 15.9 Å². The van der Waals surface area contributed by atoms with Crippen molar-refractivity contribution in [2.75, 3.05) is 38.5 Å². The smallest absolute Gasteiger partial charge is 0.225 e. The zero-order valence-electron chi connectivity index (χ0n) is 13.5. The molecule has 0 aromatic heterocycles. The predicted molar refractivity (Wildman–Crippen MR) is 94.1 cm³/mol. The Bertz CT molecular complexity index is 636. The lowest BCUT2D eigenvalue weighted by molar-refractivity contribution is -0.136. The molecule has 5 nitrogen and oxygen atoms in total. The first-order valence-corrected chi connectivity index (χ1v) is 10.2. The van der Waals surface area contributed by atoms with Crippen molar-refractivity contribution in [1.82, 2.24) is 9.80 Å². The molecule has 0 unspecified atom stereocenters. The number of piperazine rings is 1. The van der Waals surface area contributed by atoms with E-state index in [4.69, 9.17) is 0 Å². The van der Waals surface area contributed by atoms with Crippen LogP contribution in [0.1, 0.15) is 13.8 Å². The fourth-order valence-electron chi connectivity index (χ4n) is 2.57. The number of hydrogen-bond acceptors (Lipinski definition) is 4. The second kappa shape index (κ2) is 7.77. The molecule has 1 aromatic carbocycles. The van der Waals surface area contributed by atoms with Crippen LogP contribution in [0.4, 0.5) is 0 Å². The van der Waals surface area contributed by atoms with E-state index in [-0.39, 0.29) is 17.6 Å². The second-order valence-corrected chi connectivity index (χ2v) is 9.12. The Labute approximate surface area is 146 Å². The van der Waals surface area contributed by atoms with Gasteiger partial charge in [-0.2, -0.15) is 0 Å². The maximum atomic E-state index is 12.3. The minimum Gasteiger partial charge on any atom is -0.340 e. The van der Waals surface area contributed by atoms with E-state index in [0.717, 1.165) is 17.6 Å². The van der Waals surface area contributed by atoms with E-state index < -0.39 is 9.84 Å². The van der Waals surface area contributed by atoms with Crippen molar-refractivity contribution in [2.24, 2.45) is 5.92 Å². The third-order valence-corrected chi connectivity index (χ3v) is 6.27. The molecular weight excluding hydrogens is 380 g/mol. The number of rotatable bonds is 5. The molecular formula is C16H23BrN2O3S. The summed E-state index contributed by atoms with van der Waals surface area (Å²) in [5.74, 6) is 0.290. The van der Waals surface area contributed by atoms with Crippen molar-refractivity contribution in [1.29, 1.82) is 0 Å². The summed E-state index contributed by atoms with van der Waals surface area (Å²) < 4.78 is 25.5. The van der Waals surface area contributed by atoms with Gasteiger partial charge in [-0.3, -0.25) is 9.69 Å². The summed E-state index contributed by atoms with van der Waals surface area (Å²) in [6.45, 7) is 7.12. The van der Waals surface area contributed by atoms with Crippen LogP contribution in [-0.4, -0.2) is 62.6 Å². The highest BCUT2D eigenvalue weighted by Gasteiger charge is 2.24. The molecule has 1 saturated heterocycles. The Balaban J connectivity index is 1.85. The molecule has 0 N–H and O–H groups in total. The molecule has 0 aliphatic carbocycles. The quantitative estimate of drug-likeness (QED) is 0.755. The van der Waals surface area contributed by atoms with E-state index in [1.165, 1.54) is 0 Å². The highest BCUT2D eigenvalue weighted by molar-refractivity contribution is 9.10. The molecule has 128 valence electrons. The fourth-order valence-corrected chi connectivity index (χ4v) is 4.12. The van der Waals surface area contributed by atoms with E-state index in [9.17, 15) is 13.2 Å². The van der Waals surface area contributed by atoms with Crippen molar-refractivity contribution in [3.05, 3.63) is 28.7 Å². The number of benzene rings is 1. The highest BCUT2D eigenvalue weighted by atomic mass is 79.9. The van der Waals surface area contributed by atoms with Gasteiger partial charge in [0.1, 0.15) is 0 Å². The Hall–Kier alpha value is -0.920. The van der Waals surface area contributed by atoms with Gasteiger partial charge in [0, 0.05) is 43.1 Å². The molecule has 0 atom stereocenters. The monoisotopic (exact) mass is 402 g/mol. The highest BCUT2D eigenvalue weighted by Crippen LogP contribution is 2.16. The van der Waals surface area contributed by atoms with Crippen LogP contribution in [0, 0.1) is 5.92 Å². The van der Waals surface area contributed by atoms with E-state index in [2.05, 4.69) is 20.8 Å². The van der Waals surface area contributed by atoms with Gasteiger partial charge in [0.05, 0.1) is 10.6 Å². The van der Waals surface area contributed by atoms with Crippen LogP contribution < -0.4 is 0 Å². The van der Waals surface area contributed by atoms with Gasteiger partial charge in [-0.25, -0.2) is 8.42 Å². The molecule has 1 fully saturated rings. The van der Waals surface area contributed by atoms with Gasteiger partial charge in [-0.05, 0) is 24.3 Å². The number of carbonyl (C=O) groups excluding carboxylic acids is 1. The minimum absolute atomic E-state index is 0.0133. The first kappa shape index (κ1) is 18.4. The van der Waals surface area contributed by atoms with Crippen molar-refractivity contribution in [3.8, 4) is 0 Å². The first-order valence-electron chi connectivity index (χ1n) is 7.79. The van der Waals surface area contributed by atoms with E-state index in [1.54, 1.807) is 24.3 Å². The average molecular weight is 403 g/mol. The summed E-state index contributed by atoms with van der Waals surface area (Å²) in [5.41, 5.74) is 0. The molecule has 7 heteroatoms. The zero-order chi connectivity index (χ0) is 17.0. The molecule has 0 saturated carbocycles. The summed E-state index contributed by atoms with van der Waals surface area (Å²) in [6.07, 6.45) is 0. The van der Waals surface area contributed by atoms with Crippen molar-refractivity contribution in [3.63, 3.8) is 0 Å². The van der Waals surface area contributed by atoms with Crippen LogP contribution in [0.15, 0.2) is 33.6 Å². The number of hydrogen-bond donors (Lipinski definition) is 0. The summed E-state index contributed by atoms with van der Waals surface area (Å²) in [6, 6.07) is 6.73. The van der Waals surface area contributed by atoms with Gasteiger partial charge < -0.3 is 4.90 Å². The predicted octanol–water partition coefficient (Wildman–Crippen LogP) is 2.02. The minimum atomic E-state index is -3.26. The largest absolute Gasteiger partial charge is 0.340 e. The van der Waals surface area contributed by atoms with Gasteiger partial charge in [-0.15, -0.1) is 0 Å². The third kappa shape index (κ3) is 5.02. The first-order chi connectivity index (χ1) is 10.8. The lowest BCUT2D eigenvalue weighted by atomic mass is 10.1. The molecule has 1 aliphatic rings. The Morgan fingerprint density at radius 1 is 1.13 bits per heavy atom. The third-order valence-electron chi connectivity index (χ3n) is 4.03. The van der Waals surface area contributed by atoms with Crippen molar-refractivity contribution < 1.29 is 13.2 Å². The van der Waals surface area contributed by atoms with Crippen molar-refractivity contribution in [2.45, 2.75) is 18.7 Å². The molecule has 1 aromatic rings. The normalized spacial score (nSPS) is 16.8. The average Bonchev–Trinajstić information content (AvgIpc) is 2.53. The van der Waals surface area contributed by atoms with Crippen LogP contribution in [-0.2, 0) is 14.6 Å². The van der Waals surface area contributed by atoms with Gasteiger partial charge in [0.25, 0.3) is 0 Å². The standard InChI is InChI=1S/C16H23BrN2O3S/c1-13(2)16(20)19-9-7-18(8-10-19)11-12-23(21,22)15-5-3-14(17)4-6-15/h3-6,13H,7-12H2,1-2H3. The summed E-state index contributed by atoms with van der Waals surface area (Å²) in [5, 5.41) is 0. The molecule has 23 heavy (non-hydrogen) atoms. The molecule has 0 bridgehead atoms. The zero-order valence-corrected chi connectivity index (χ0v) is 15.9. The van der Waals surface area contributed by atoms with Crippen molar-refractivity contribution >= 4 is 31.7 Å². The van der Waals surface area contributed by atoms with Crippen LogP contribution in [0.2, 0.25) is 0 Å². The SMILES string of the molecule is CC(C)C(=O)N1CCN(CCS(=O)(=O)c2ccc(Br)cc2)CC1. The summed E-state index contributed by atoms with van der Waals surface area (Å²) >= 11 is 3.31. The topological polar surface area (TPSA) is 57.7 Å². The van der Waals surface area contributed by atoms with Gasteiger partial charge in [0.15, 0.2) is 9.84 Å². The molecule has 0 spiro atoms. The number of carbonyl (C=O) groups is 1. The van der Waals surface area contributed by atoms with E-state index in [1.807, 2.05) is 18.7 Å². The number of sulfone groups is 1. The Morgan fingerprint density at radius 2 is 1.70 bits per heavy atom. The molecule has 1 aliphatic heterocycles. The number of amides is 1. The van der Waals surface area contributed by atoms with Gasteiger partial charge >= 0.3 is 0 Å². The molecule has 1 amide bonds. The lowest BCUT2D eigenvalue weighted by Crippen LogP contribution is -2.50. The summed E-state index contributed by atoms with van der Waals surface area (Å²) in [4.78, 5) is 16.3. The van der Waals surface area contributed by atoms with Gasteiger partial charge in [0.2, 0.25) is 5.91 Å². The molecule has 2 rings (SSSR count). The fraction of sp³-hybridized carbons (Fsp3) is 0.562.